The lowest BCUT2D eigenvalue weighted by Gasteiger charge is -2.15. The SMILES string of the molecule is CC(C)c1ncc(N2CCCC2=O)cn1. The molecule has 2 rings (SSSR count). The number of aromatic nitrogens is 2. The van der Waals surface area contributed by atoms with Crippen LogP contribution in [-0.4, -0.2) is 22.4 Å². The van der Waals surface area contributed by atoms with Crippen LogP contribution in [0.4, 0.5) is 5.69 Å². The van der Waals surface area contributed by atoms with Gasteiger partial charge in [-0.25, -0.2) is 9.97 Å². The molecule has 0 unspecified atom stereocenters. The third-order valence-corrected chi connectivity index (χ3v) is 2.56. The molecule has 2 heterocycles. The Morgan fingerprint density at radius 2 is 2.00 bits per heavy atom. The number of nitrogens with zero attached hydrogens (tertiary/aromatic N) is 3. The first-order valence-corrected chi connectivity index (χ1v) is 5.31. The standard InChI is InChI=1S/C11H15N3O/c1-8(2)11-12-6-9(7-13-11)14-5-3-4-10(14)15/h6-8H,3-5H2,1-2H3. The number of hydrogen-bond acceptors (Lipinski definition) is 3. The highest BCUT2D eigenvalue weighted by atomic mass is 16.2. The molecule has 0 saturated carbocycles. The zero-order valence-corrected chi connectivity index (χ0v) is 9.10. The molecule has 0 N–H and O–H groups in total. The van der Waals surface area contributed by atoms with Crippen LogP contribution in [0.3, 0.4) is 0 Å². The van der Waals surface area contributed by atoms with Gasteiger partial charge in [0.2, 0.25) is 5.91 Å². The summed E-state index contributed by atoms with van der Waals surface area (Å²) >= 11 is 0. The fourth-order valence-electron chi connectivity index (χ4n) is 1.69. The van der Waals surface area contributed by atoms with Gasteiger partial charge in [-0.3, -0.25) is 4.79 Å². The molecule has 1 aromatic rings. The first-order chi connectivity index (χ1) is 7.18. The van der Waals surface area contributed by atoms with E-state index < -0.39 is 0 Å². The summed E-state index contributed by atoms with van der Waals surface area (Å²) in [7, 11) is 0. The number of carbonyl (C=O) groups is 1. The van der Waals surface area contributed by atoms with Crippen molar-refractivity contribution in [2.75, 3.05) is 11.4 Å². The predicted molar refractivity (Wildman–Crippen MR) is 57.7 cm³/mol. The Bertz CT molecular complexity index is 359. The van der Waals surface area contributed by atoms with E-state index in [1.807, 2.05) is 0 Å². The quantitative estimate of drug-likeness (QED) is 0.738. The largest absolute Gasteiger partial charge is 0.310 e. The van der Waals surface area contributed by atoms with E-state index in [-0.39, 0.29) is 5.91 Å². The molecule has 4 nitrogen and oxygen atoms in total. The average Bonchev–Trinajstić information content (AvgIpc) is 2.65. The molecule has 0 aliphatic carbocycles. The fourth-order valence-corrected chi connectivity index (χ4v) is 1.69. The zero-order valence-electron chi connectivity index (χ0n) is 9.10. The molecule has 0 spiro atoms. The zero-order chi connectivity index (χ0) is 10.8. The van der Waals surface area contributed by atoms with Crippen molar-refractivity contribution in [3.05, 3.63) is 18.2 Å². The molecule has 1 aliphatic rings. The molecule has 1 amide bonds. The van der Waals surface area contributed by atoms with Gasteiger partial charge < -0.3 is 4.90 Å². The maximum atomic E-state index is 11.5. The van der Waals surface area contributed by atoms with Gasteiger partial charge in [0, 0.05) is 18.9 Å². The van der Waals surface area contributed by atoms with Crippen molar-refractivity contribution >= 4 is 11.6 Å². The van der Waals surface area contributed by atoms with Crippen LogP contribution in [0.25, 0.3) is 0 Å². The lowest BCUT2D eigenvalue weighted by Crippen LogP contribution is -2.24. The van der Waals surface area contributed by atoms with Gasteiger partial charge in [0.15, 0.2) is 0 Å². The first kappa shape index (κ1) is 10.1. The highest BCUT2D eigenvalue weighted by Crippen LogP contribution is 2.20. The summed E-state index contributed by atoms with van der Waals surface area (Å²) in [6.45, 7) is 4.90. The minimum Gasteiger partial charge on any atom is -0.310 e. The Morgan fingerprint density at radius 3 is 2.47 bits per heavy atom. The average molecular weight is 205 g/mol. The van der Waals surface area contributed by atoms with E-state index in [1.165, 1.54) is 0 Å². The van der Waals surface area contributed by atoms with Crippen molar-refractivity contribution in [1.82, 2.24) is 9.97 Å². The summed E-state index contributed by atoms with van der Waals surface area (Å²) in [5, 5.41) is 0. The molecule has 1 saturated heterocycles. The Morgan fingerprint density at radius 1 is 1.33 bits per heavy atom. The van der Waals surface area contributed by atoms with Crippen LogP contribution in [0.2, 0.25) is 0 Å². The maximum Gasteiger partial charge on any atom is 0.227 e. The van der Waals surface area contributed by atoms with Crippen molar-refractivity contribution in [2.24, 2.45) is 0 Å². The summed E-state index contributed by atoms with van der Waals surface area (Å²) < 4.78 is 0. The molecule has 1 aromatic heterocycles. The minimum atomic E-state index is 0.177. The molecule has 1 aliphatic heterocycles. The summed E-state index contributed by atoms with van der Waals surface area (Å²) in [5.41, 5.74) is 0.821. The molecule has 4 heteroatoms. The monoisotopic (exact) mass is 205 g/mol. The smallest absolute Gasteiger partial charge is 0.227 e. The predicted octanol–water partition coefficient (Wildman–Crippen LogP) is 1.73. The minimum absolute atomic E-state index is 0.177. The lowest BCUT2D eigenvalue weighted by atomic mass is 10.2. The van der Waals surface area contributed by atoms with Gasteiger partial charge in [-0.05, 0) is 6.42 Å². The van der Waals surface area contributed by atoms with E-state index in [0.717, 1.165) is 24.5 Å². The van der Waals surface area contributed by atoms with Crippen LogP contribution in [0.5, 0.6) is 0 Å². The van der Waals surface area contributed by atoms with Crippen molar-refractivity contribution in [1.29, 1.82) is 0 Å². The Labute approximate surface area is 89.3 Å². The van der Waals surface area contributed by atoms with Gasteiger partial charge in [0.25, 0.3) is 0 Å². The molecular weight excluding hydrogens is 190 g/mol. The van der Waals surface area contributed by atoms with Crippen molar-refractivity contribution in [3.8, 4) is 0 Å². The van der Waals surface area contributed by atoms with E-state index in [9.17, 15) is 4.79 Å². The van der Waals surface area contributed by atoms with E-state index >= 15 is 0 Å². The number of amides is 1. The second kappa shape index (κ2) is 3.96. The lowest BCUT2D eigenvalue weighted by molar-refractivity contribution is -0.117. The first-order valence-electron chi connectivity index (χ1n) is 5.31. The number of carbonyl (C=O) groups excluding carboxylic acids is 1. The van der Waals surface area contributed by atoms with Crippen LogP contribution in [0.1, 0.15) is 38.4 Å². The molecule has 15 heavy (non-hydrogen) atoms. The van der Waals surface area contributed by atoms with Crippen LogP contribution in [-0.2, 0) is 4.79 Å². The summed E-state index contributed by atoms with van der Waals surface area (Å²) in [5.74, 6) is 1.33. The molecule has 0 atom stereocenters. The fraction of sp³-hybridized carbons (Fsp3) is 0.545. The second-order valence-corrected chi connectivity index (χ2v) is 4.10. The summed E-state index contributed by atoms with van der Waals surface area (Å²) in [4.78, 5) is 21.7. The van der Waals surface area contributed by atoms with Crippen LogP contribution in [0, 0.1) is 0 Å². The van der Waals surface area contributed by atoms with Crippen molar-refractivity contribution in [2.45, 2.75) is 32.6 Å². The van der Waals surface area contributed by atoms with Gasteiger partial charge in [0.05, 0.1) is 18.1 Å². The summed E-state index contributed by atoms with van der Waals surface area (Å²) in [6.07, 6.45) is 5.06. The topological polar surface area (TPSA) is 46.1 Å². The van der Waals surface area contributed by atoms with Crippen LogP contribution in [0.15, 0.2) is 12.4 Å². The summed E-state index contributed by atoms with van der Waals surface area (Å²) in [6, 6.07) is 0. The molecular formula is C11H15N3O. The second-order valence-electron chi connectivity index (χ2n) is 4.10. The van der Waals surface area contributed by atoms with Gasteiger partial charge in [-0.1, -0.05) is 13.8 Å². The molecule has 0 aromatic carbocycles. The van der Waals surface area contributed by atoms with Crippen molar-refractivity contribution in [3.63, 3.8) is 0 Å². The van der Waals surface area contributed by atoms with E-state index in [0.29, 0.717) is 12.3 Å². The highest BCUT2D eigenvalue weighted by Gasteiger charge is 2.22. The van der Waals surface area contributed by atoms with E-state index in [4.69, 9.17) is 0 Å². The molecule has 80 valence electrons. The van der Waals surface area contributed by atoms with Crippen molar-refractivity contribution < 1.29 is 4.79 Å². The Hall–Kier alpha value is -1.45. The third kappa shape index (κ3) is 1.98. The third-order valence-electron chi connectivity index (χ3n) is 2.56. The maximum absolute atomic E-state index is 11.5. The van der Waals surface area contributed by atoms with Gasteiger partial charge >= 0.3 is 0 Å². The highest BCUT2D eigenvalue weighted by molar-refractivity contribution is 5.94. The molecule has 0 radical (unpaired) electrons. The van der Waals surface area contributed by atoms with Gasteiger partial charge in [-0.2, -0.15) is 0 Å². The van der Waals surface area contributed by atoms with Gasteiger partial charge in [0.1, 0.15) is 5.82 Å². The Kier molecular flexibility index (Phi) is 2.66. The number of rotatable bonds is 2. The molecule has 0 bridgehead atoms. The van der Waals surface area contributed by atoms with Crippen LogP contribution < -0.4 is 4.90 Å². The van der Waals surface area contributed by atoms with Gasteiger partial charge in [-0.15, -0.1) is 0 Å². The molecule has 1 fully saturated rings. The van der Waals surface area contributed by atoms with Crippen LogP contribution >= 0.6 is 0 Å². The normalized spacial score (nSPS) is 16.5. The number of anilines is 1. The number of hydrogen-bond donors (Lipinski definition) is 0. The van der Waals surface area contributed by atoms with E-state index in [1.54, 1.807) is 17.3 Å². The Balaban J connectivity index is 2.19. The van der Waals surface area contributed by atoms with E-state index in [2.05, 4.69) is 23.8 Å².